The van der Waals surface area contributed by atoms with Gasteiger partial charge in [0.05, 0.1) is 0 Å². The van der Waals surface area contributed by atoms with Crippen LogP contribution in [-0.4, -0.2) is 60.2 Å². The van der Waals surface area contributed by atoms with E-state index in [1.54, 1.807) is 0 Å². The molecule has 1 saturated heterocycles. The molecule has 2 amide bonds. The summed E-state index contributed by atoms with van der Waals surface area (Å²) in [6, 6.07) is 4.27. The molecular formula is C20H32N4O3. The fourth-order valence-corrected chi connectivity index (χ4v) is 3.48. The van der Waals surface area contributed by atoms with Crippen LogP contribution in [0.4, 0.5) is 10.6 Å². The Hall–Kier alpha value is -2.31. The second kappa shape index (κ2) is 10.1. The van der Waals surface area contributed by atoms with E-state index in [9.17, 15) is 14.7 Å². The topological polar surface area (TPSA) is 85.8 Å². The zero-order chi connectivity index (χ0) is 19.8. The highest BCUT2D eigenvalue weighted by molar-refractivity contribution is 5.81. The van der Waals surface area contributed by atoms with E-state index >= 15 is 0 Å². The standard InChI is InChI=1S/C20H32N4O3/c1-15(2)12-17-4-5-18(22-13-17)23-9-6-16(7-10-23)8-11-24(20(26)27)14-19(25)21-3/h4-5,13,15-16H,6-12,14H2,1-3H3,(H,21,25)(H,26,27). The molecule has 2 rings (SSSR count). The smallest absolute Gasteiger partial charge is 0.407 e. The molecule has 2 N–H and O–H groups in total. The lowest BCUT2D eigenvalue weighted by Crippen LogP contribution is -2.41. The average molecular weight is 377 g/mol. The number of hydrogen-bond donors (Lipinski definition) is 2. The van der Waals surface area contributed by atoms with Crippen LogP contribution in [0.5, 0.6) is 0 Å². The maximum absolute atomic E-state index is 11.4. The number of pyridine rings is 1. The number of nitrogens with one attached hydrogen (secondary N) is 1. The van der Waals surface area contributed by atoms with Crippen LogP contribution in [0.1, 0.15) is 38.7 Å². The van der Waals surface area contributed by atoms with Gasteiger partial charge in [-0.15, -0.1) is 0 Å². The summed E-state index contributed by atoms with van der Waals surface area (Å²) in [4.78, 5) is 30.8. The van der Waals surface area contributed by atoms with Crippen molar-refractivity contribution in [2.75, 3.05) is 38.1 Å². The van der Waals surface area contributed by atoms with Gasteiger partial charge in [0, 0.05) is 32.9 Å². The summed E-state index contributed by atoms with van der Waals surface area (Å²) in [6.07, 6.45) is 4.81. The number of nitrogens with zero attached hydrogens (tertiary/aromatic N) is 3. The summed E-state index contributed by atoms with van der Waals surface area (Å²) in [7, 11) is 1.52. The van der Waals surface area contributed by atoms with E-state index < -0.39 is 6.09 Å². The van der Waals surface area contributed by atoms with E-state index in [1.807, 2.05) is 6.20 Å². The Morgan fingerprint density at radius 2 is 2.04 bits per heavy atom. The molecule has 1 aliphatic rings. The van der Waals surface area contributed by atoms with Crippen LogP contribution in [0.2, 0.25) is 0 Å². The van der Waals surface area contributed by atoms with E-state index in [0.29, 0.717) is 18.4 Å². The predicted molar refractivity (Wildman–Crippen MR) is 106 cm³/mol. The van der Waals surface area contributed by atoms with Gasteiger partial charge in [-0.1, -0.05) is 19.9 Å². The number of piperidine rings is 1. The van der Waals surface area contributed by atoms with Gasteiger partial charge in [-0.25, -0.2) is 9.78 Å². The summed E-state index contributed by atoms with van der Waals surface area (Å²) >= 11 is 0. The van der Waals surface area contributed by atoms with E-state index in [-0.39, 0.29) is 12.5 Å². The monoisotopic (exact) mass is 376 g/mol. The zero-order valence-corrected chi connectivity index (χ0v) is 16.6. The summed E-state index contributed by atoms with van der Waals surface area (Å²) < 4.78 is 0. The van der Waals surface area contributed by atoms with Crippen LogP contribution in [0.15, 0.2) is 18.3 Å². The number of carbonyl (C=O) groups is 2. The van der Waals surface area contributed by atoms with Crippen molar-refractivity contribution >= 4 is 17.8 Å². The van der Waals surface area contributed by atoms with E-state index in [1.165, 1.54) is 17.5 Å². The molecule has 7 heteroatoms. The Morgan fingerprint density at radius 1 is 1.33 bits per heavy atom. The molecule has 0 atom stereocenters. The first kappa shape index (κ1) is 21.0. The van der Waals surface area contributed by atoms with Gasteiger partial charge in [0.2, 0.25) is 5.91 Å². The number of hydrogen-bond acceptors (Lipinski definition) is 4. The third-order valence-electron chi connectivity index (χ3n) is 5.08. The third-order valence-corrected chi connectivity index (χ3v) is 5.08. The Morgan fingerprint density at radius 3 is 2.56 bits per heavy atom. The molecule has 1 aromatic heterocycles. The quantitative estimate of drug-likeness (QED) is 0.728. The average Bonchev–Trinajstić information content (AvgIpc) is 2.65. The molecular weight excluding hydrogens is 344 g/mol. The number of anilines is 1. The zero-order valence-electron chi connectivity index (χ0n) is 16.6. The van der Waals surface area contributed by atoms with Crippen LogP contribution < -0.4 is 10.2 Å². The van der Waals surface area contributed by atoms with Crippen molar-refractivity contribution in [1.29, 1.82) is 0 Å². The molecule has 27 heavy (non-hydrogen) atoms. The van der Waals surface area contributed by atoms with Gasteiger partial charge in [0.1, 0.15) is 12.4 Å². The van der Waals surface area contributed by atoms with Crippen molar-refractivity contribution in [2.24, 2.45) is 11.8 Å². The summed E-state index contributed by atoms with van der Waals surface area (Å²) in [5.41, 5.74) is 1.27. The molecule has 1 aliphatic heterocycles. The molecule has 0 bridgehead atoms. The Kier molecular flexibility index (Phi) is 7.88. The van der Waals surface area contributed by atoms with Crippen LogP contribution in [0.25, 0.3) is 0 Å². The number of carboxylic acid groups (broad SMARTS) is 1. The van der Waals surface area contributed by atoms with Crippen molar-refractivity contribution in [3.05, 3.63) is 23.9 Å². The van der Waals surface area contributed by atoms with Gasteiger partial charge in [-0.3, -0.25) is 9.69 Å². The first-order valence-electron chi connectivity index (χ1n) is 9.77. The molecule has 0 saturated carbocycles. The number of likely N-dealkylation sites (N-methyl/N-ethyl adjacent to an activating group) is 1. The van der Waals surface area contributed by atoms with Crippen LogP contribution >= 0.6 is 0 Å². The number of aromatic nitrogens is 1. The maximum Gasteiger partial charge on any atom is 0.407 e. The molecule has 2 heterocycles. The highest BCUT2D eigenvalue weighted by Crippen LogP contribution is 2.24. The minimum Gasteiger partial charge on any atom is -0.465 e. The molecule has 150 valence electrons. The minimum absolute atomic E-state index is 0.0999. The van der Waals surface area contributed by atoms with Crippen molar-refractivity contribution in [3.63, 3.8) is 0 Å². The Labute approximate surface area is 161 Å². The predicted octanol–water partition coefficient (Wildman–Crippen LogP) is 2.61. The number of amides is 2. The van der Waals surface area contributed by atoms with Gasteiger partial charge in [-0.05, 0) is 49.1 Å². The van der Waals surface area contributed by atoms with Crippen molar-refractivity contribution in [2.45, 2.75) is 39.5 Å². The fraction of sp³-hybridized carbons (Fsp3) is 0.650. The highest BCUT2D eigenvalue weighted by atomic mass is 16.4. The third kappa shape index (κ3) is 6.73. The lowest BCUT2D eigenvalue weighted by molar-refractivity contribution is -0.121. The van der Waals surface area contributed by atoms with Crippen LogP contribution in [0, 0.1) is 11.8 Å². The second-order valence-corrected chi connectivity index (χ2v) is 7.72. The molecule has 7 nitrogen and oxygen atoms in total. The largest absolute Gasteiger partial charge is 0.465 e. The van der Waals surface area contributed by atoms with E-state index in [0.717, 1.165) is 44.6 Å². The van der Waals surface area contributed by atoms with Crippen molar-refractivity contribution in [3.8, 4) is 0 Å². The van der Waals surface area contributed by atoms with Gasteiger partial charge in [0.25, 0.3) is 0 Å². The molecule has 0 aromatic carbocycles. The van der Waals surface area contributed by atoms with Gasteiger partial charge in [0.15, 0.2) is 0 Å². The normalized spacial score (nSPS) is 15.0. The molecule has 0 radical (unpaired) electrons. The van der Waals surface area contributed by atoms with E-state index in [4.69, 9.17) is 0 Å². The molecule has 0 spiro atoms. The van der Waals surface area contributed by atoms with Crippen molar-refractivity contribution < 1.29 is 14.7 Å². The highest BCUT2D eigenvalue weighted by Gasteiger charge is 2.22. The fourth-order valence-electron chi connectivity index (χ4n) is 3.48. The lowest BCUT2D eigenvalue weighted by atomic mass is 9.93. The molecule has 1 fully saturated rings. The van der Waals surface area contributed by atoms with Gasteiger partial charge >= 0.3 is 6.09 Å². The lowest BCUT2D eigenvalue weighted by Gasteiger charge is -2.33. The summed E-state index contributed by atoms with van der Waals surface area (Å²) in [5.74, 6) is 1.85. The molecule has 0 unspecified atom stereocenters. The Balaban J connectivity index is 1.79. The molecule has 0 aliphatic carbocycles. The van der Waals surface area contributed by atoms with Crippen LogP contribution in [-0.2, 0) is 11.2 Å². The first-order valence-corrected chi connectivity index (χ1v) is 9.77. The first-order chi connectivity index (χ1) is 12.9. The van der Waals surface area contributed by atoms with Crippen molar-refractivity contribution in [1.82, 2.24) is 15.2 Å². The SMILES string of the molecule is CNC(=O)CN(CCC1CCN(c2ccc(CC(C)C)cn2)CC1)C(=O)O. The Bertz CT molecular complexity index is 610. The summed E-state index contributed by atoms with van der Waals surface area (Å²) in [5, 5.41) is 11.7. The molecule has 1 aromatic rings. The van der Waals surface area contributed by atoms with Crippen LogP contribution in [0.3, 0.4) is 0 Å². The number of carbonyl (C=O) groups excluding carboxylic acids is 1. The van der Waals surface area contributed by atoms with E-state index in [2.05, 4.69) is 41.2 Å². The minimum atomic E-state index is -1.04. The second-order valence-electron chi connectivity index (χ2n) is 7.72. The van der Waals surface area contributed by atoms with Gasteiger partial charge < -0.3 is 15.3 Å². The maximum atomic E-state index is 11.4. The number of rotatable bonds is 8. The van der Waals surface area contributed by atoms with Gasteiger partial charge in [-0.2, -0.15) is 0 Å². The summed E-state index contributed by atoms with van der Waals surface area (Å²) in [6.45, 7) is 6.58.